The third-order valence-corrected chi connectivity index (χ3v) is 4.94. The lowest BCUT2D eigenvalue weighted by Gasteiger charge is -2.32. The van der Waals surface area contributed by atoms with E-state index in [-0.39, 0.29) is 17.5 Å². The van der Waals surface area contributed by atoms with Crippen molar-refractivity contribution in [1.29, 1.82) is 0 Å². The van der Waals surface area contributed by atoms with Crippen LogP contribution in [0.25, 0.3) is 0 Å². The lowest BCUT2D eigenvalue weighted by atomic mass is 9.90. The largest absolute Gasteiger partial charge is 0.508 e. The fourth-order valence-electron chi connectivity index (χ4n) is 3.32. The predicted octanol–water partition coefficient (Wildman–Crippen LogP) is 4.15. The maximum Gasteiger partial charge on any atom is 0.167 e. The SMILES string of the molecule is COc1ccc(O)c(CN2CCCC(C(=O)c3ccc(Cl)cc3)C2)c1. The number of benzene rings is 2. The van der Waals surface area contributed by atoms with Gasteiger partial charge in [0.05, 0.1) is 7.11 Å². The molecule has 0 spiro atoms. The Kier molecular flexibility index (Phi) is 5.61. The number of aromatic hydroxyl groups is 1. The average Bonchev–Trinajstić information content (AvgIpc) is 2.64. The van der Waals surface area contributed by atoms with E-state index >= 15 is 0 Å². The number of nitrogens with zero attached hydrogens (tertiary/aromatic N) is 1. The summed E-state index contributed by atoms with van der Waals surface area (Å²) in [6, 6.07) is 12.3. The second kappa shape index (κ2) is 7.89. The highest BCUT2D eigenvalue weighted by atomic mass is 35.5. The summed E-state index contributed by atoms with van der Waals surface area (Å²) >= 11 is 5.90. The van der Waals surface area contributed by atoms with Crippen LogP contribution in [0.1, 0.15) is 28.8 Å². The highest BCUT2D eigenvalue weighted by Crippen LogP contribution is 2.27. The minimum atomic E-state index is -0.0253. The fourth-order valence-corrected chi connectivity index (χ4v) is 3.45. The molecule has 1 fully saturated rings. The van der Waals surface area contributed by atoms with Crippen LogP contribution in [0.3, 0.4) is 0 Å². The average molecular weight is 360 g/mol. The number of carbonyl (C=O) groups excluding carboxylic acids is 1. The van der Waals surface area contributed by atoms with Gasteiger partial charge in [-0.3, -0.25) is 9.69 Å². The first-order valence-electron chi connectivity index (χ1n) is 8.45. The predicted molar refractivity (Wildman–Crippen MR) is 98.4 cm³/mol. The first-order chi connectivity index (χ1) is 12.1. The summed E-state index contributed by atoms with van der Waals surface area (Å²) < 4.78 is 5.23. The summed E-state index contributed by atoms with van der Waals surface area (Å²) in [5.74, 6) is 1.12. The first-order valence-corrected chi connectivity index (χ1v) is 8.82. The van der Waals surface area contributed by atoms with Gasteiger partial charge in [0.1, 0.15) is 11.5 Å². The van der Waals surface area contributed by atoms with E-state index in [9.17, 15) is 9.90 Å². The molecule has 132 valence electrons. The summed E-state index contributed by atoms with van der Waals surface area (Å²) in [7, 11) is 1.61. The number of Topliss-reactive ketones (excluding diaryl/α,β-unsaturated/α-hetero) is 1. The Morgan fingerprint density at radius 2 is 2.04 bits per heavy atom. The van der Waals surface area contributed by atoms with Crippen molar-refractivity contribution in [2.24, 2.45) is 5.92 Å². The number of phenolic OH excluding ortho intramolecular Hbond substituents is 1. The van der Waals surface area contributed by atoms with Crippen molar-refractivity contribution in [3.8, 4) is 11.5 Å². The molecule has 0 aromatic heterocycles. The van der Waals surface area contributed by atoms with Crippen LogP contribution in [0.4, 0.5) is 0 Å². The molecule has 0 aliphatic carbocycles. The molecule has 1 N–H and O–H groups in total. The number of hydrogen-bond donors (Lipinski definition) is 1. The number of likely N-dealkylation sites (tertiary alicyclic amines) is 1. The maximum atomic E-state index is 12.7. The van der Waals surface area contributed by atoms with Crippen molar-refractivity contribution in [3.05, 3.63) is 58.6 Å². The van der Waals surface area contributed by atoms with Crippen LogP contribution < -0.4 is 4.74 Å². The van der Waals surface area contributed by atoms with Crippen LogP contribution in [-0.2, 0) is 6.54 Å². The van der Waals surface area contributed by atoms with Gasteiger partial charge in [-0.15, -0.1) is 0 Å². The molecular formula is C20H22ClNO3. The molecule has 1 atom stereocenters. The number of ether oxygens (including phenoxy) is 1. The van der Waals surface area contributed by atoms with Crippen molar-refractivity contribution in [1.82, 2.24) is 4.90 Å². The third-order valence-electron chi connectivity index (χ3n) is 4.69. The second-order valence-corrected chi connectivity index (χ2v) is 6.88. The molecule has 5 heteroatoms. The van der Waals surface area contributed by atoms with Crippen molar-refractivity contribution >= 4 is 17.4 Å². The molecular weight excluding hydrogens is 338 g/mol. The van der Waals surface area contributed by atoms with Crippen molar-refractivity contribution in [2.45, 2.75) is 19.4 Å². The van der Waals surface area contributed by atoms with E-state index in [4.69, 9.17) is 16.3 Å². The van der Waals surface area contributed by atoms with Crippen molar-refractivity contribution in [2.75, 3.05) is 20.2 Å². The number of halogens is 1. The Balaban J connectivity index is 1.69. The van der Waals surface area contributed by atoms with Gasteiger partial charge in [0.15, 0.2) is 5.78 Å². The number of carbonyl (C=O) groups is 1. The molecule has 1 saturated heterocycles. The summed E-state index contributed by atoms with van der Waals surface area (Å²) in [6.07, 6.45) is 1.86. The van der Waals surface area contributed by atoms with Crippen LogP contribution in [0, 0.1) is 5.92 Å². The zero-order chi connectivity index (χ0) is 17.8. The summed E-state index contributed by atoms with van der Waals surface area (Å²) in [4.78, 5) is 15.0. The third kappa shape index (κ3) is 4.33. The van der Waals surface area contributed by atoms with Gasteiger partial charge in [0, 0.05) is 35.2 Å². The number of piperidine rings is 1. The molecule has 0 saturated carbocycles. The van der Waals surface area contributed by atoms with E-state index in [1.165, 1.54) is 0 Å². The highest BCUT2D eigenvalue weighted by Gasteiger charge is 2.27. The molecule has 1 aliphatic heterocycles. The molecule has 1 heterocycles. The summed E-state index contributed by atoms with van der Waals surface area (Å²) in [5, 5.41) is 10.7. The highest BCUT2D eigenvalue weighted by molar-refractivity contribution is 6.30. The van der Waals surface area contributed by atoms with Crippen LogP contribution in [-0.4, -0.2) is 36.0 Å². The van der Waals surface area contributed by atoms with E-state index in [0.29, 0.717) is 23.7 Å². The second-order valence-electron chi connectivity index (χ2n) is 6.44. The van der Waals surface area contributed by atoms with Gasteiger partial charge in [-0.25, -0.2) is 0 Å². The Bertz CT molecular complexity index is 745. The number of rotatable bonds is 5. The summed E-state index contributed by atoms with van der Waals surface area (Å²) in [6.45, 7) is 2.21. The molecule has 25 heavy (non-hydrogen) atoms. The number of hydrogen-bond acceptors (Lipinski definition) is 4. The van der Waals surface area contributed by atoms with Crippen LogP contribution in [0.15, 0.2) is 42.5 Å². The van der Waals surface area contributed by atoms with E-state index in [0.717, 1.165) is 30.7 Å². The van der Waals surface area contributed by atoms with Gasteiger partial charge < -0.3 is 9.84 Å². The minimum Gasteiger partial charge on any atom is -0.508 e. The number of methoxy groups -OCH3 is 1. The van der Waals surface area contributed by atoms with E-state index < -0.39 is 0 Å². The van der Waals surface area contributed by atoms with Gasteiger partial charge >= 0.3 is 0 Å². The molecule has 1 aliphatic rings. The van der Waals surface area contributed by atoms with Crippen LogP contribution >= 0.6 is 11.6 Å². The monoisotopic (exact) mass is 359 g/mol. The Morgan fingerprint density at radius 1 is 1.28 bits per heavy atom. The molecule has 3 rings (SSSR count). The van der Waals surface area contributed by atoms with Crippen LogP contribution in [0.2, 0.25) is 5.02 Å². The zero-order valence-corrected chi connectivity index (χ0v) is 15.0. The Hall–Kier alpha value is -2.04. The lowest BCUT2D eigenvalue weighted by molar-refractivity contribution is 0.0811. The normalized spacial score (nSPS) is 18.1. The van der Waals surface area contributed by atoms with Crippen molar-refractivity contribution in [3.63, 3.8) is 0 Å². The molecule has 1 unspecified atom stereocenters. The van der Waals surface area contributed by atoms with Gasteiger partial charge in [0.25, 0.3) is 0 Å². The Morgan fingerprint density at radius 3 is 2.76 bits per heavy atom. The molecule has 0 bridgehead atoms. The zero-order valence-electron chi connectivity index (χ0n) is 14.2. The standard InChI is InChI=1S/C20H22ClNO3/c1-25-18-8-9-19(23)16(11-18)13-22-10-2-3-15(12-22)20(24)14-4-6-17(21)7-5-14/h4-9,11,15,23H,2-3,10,12-13H2,1H3. The van der Waals surface area contributed by atoms with Gasteiger partial charge in [0.2, 0.25) is 0 Å². The fraction of sp³-hybridized carbons (Fsp3) is 0.350. The van der Waals surface area contributed by atoms with Crippen LogP contribution in [0.5, 0.6) is 11.5 Å². The Labute approximate surface area is 153 Å². The topological polar surface area (TPSA) is 49.8 Å². The van der Waals surface area contributed by atoms with Gasteiger partial charge in [-0.1, -0.05) is 11.6 Å². The molecule has 0 radical (unpaired) electrons. The summed E-state index contributed by atoms with van der Waals surface area (Å²) in [5.41, 5.74) is 1.53. The van der Waals surface area contributed by atoms with Gasteiger partial charge in [-0.2, -0.15) is 0 Å². The van der Waals surface area contributed by atoms with Crippen molar-refractivity contribution < 1.29 is 14.6 Å². The van der Waals surface area contributed by atoms with E-state index in [1.54, 1.807) is 43.5 Å². The van der Waals surface area contributed by atoms with E-state index in [1.807, 2.05) is 6.07 Å². The molecule has 4 nitrogen and oxygen atoms in total. The number of phenols is 1. The molecule has 2 aromatic carbocycles. The first kappa shape index (κ1) is 17.8. The lowest BCUT2D eigenvalue weighted by Crippen LogP contribution is -2.38. The molecule has 0 amide bonds. The quantitative estimate of drug-likeness (QED) is 0.815. The van der Waals surface area contributed by atoms with E-state index in [2.05, 4.69) is 4.90 Å². The minimum absolute atomic E-state index is 0.0253. The maximum absolute atomic E-state index is 12.7. The van der Waals surface area contributed by atoms with Gasteiger partial charge in [-0.05, 0) is 61.9 Å². The molecule has 2 aromatic rings. The smallest absolute Gasteiger partial charge is 0.167 e. The number of ketones is 1.